The molecule has 0 aliphatic heterocycles. The molecule has 5 heteroatoms. The second-order valence-corrected chi connectivity index (χ2v) is 4.62. The van der Waals surface area contributed by atoms with E-state index in [1.807, 2.05) is 6.92 Å². The van der Waals surface area contributed by atoms with Crippen LogP contribution in [0.3, 0.4) is 0 Å². The molecule has 1 rings (SSSR count). The lowest BCUT2D eigenvalue weighted by atomic mass is 10.3. The number of rotatable bonds is 7. The molecule has 0 saturated carbocycles. The highest BCUT2D eigenvalue weighted by Crippen LogP contribution is 2.28. The number of anilines is 1. The Hall–Kier alpha value is -1.10. The Kier molecular flexibility index (Phi) is 5.97. The number of ether oxygens (including phenoxy) is 1. The van der Waals surface area contributed by atoms with Crippen LogP contribution in [0.1, 0.15) is 26.7 Å². The maximum Gasteiger partial charge on any atom is 0.233 e. The van der Waals surface area contributed by atoms with Gasteiger partial charge in [-0.2, -0.15) is 0 Å². The zero-order valence-corrected chi connectivity index (χ0v) is 11.9. The fraction of sp³-hybridized carbons (Fsp3) is 0.500. The van der Waals surface area contributed by atoms with Crippen molar-refractivity contribution in [2.45, 2.75) is 26.7 Å². The summed E-state index contributed by atoms with van der Waals surface area (Å²) in [5.74, 6) is 1.34. The molecule has 0 fully saturated rings. The Morgan fingerprint density at radius 2 is 2.29 bits per heavy atom. The summed E-state index contributed by atoms with van der Waals surface area (Å²) in [6, 6.07) is 0. The van der Waals surface area contributed by atoms with Gasteiger partial charge < -0.3 is 10.1 Å². The van der Waals surface area contributed by atoms with Crippen molar-refractivity contribution in [3.8, 4) is 5.88 Å². The minimum atomic E-state index is 0.569. The monoisotopic (exact) mass is 299 g/mol. The first-order valence-electron chi connectivity index (χ1n) is 5.66. The highest BCUT2D eigenvalue weighted by Gasteiger charge is 2.09. The lowest BCUT2D eigenvalue weighted by Gasteiger charge is -2.10. The fourth-order valence-corrected chi connectivity index (χ4v) is 1.60. The van der Waals surface area contributed by atoms with Gasteiger partial charge in [0.1, 0.15) is 16.6 Å². The van der Waals surface area contributed by atoms with Gasteiger partial charge in [0, 0.05) is 13.0 Å². The Morgan fingerprint density at radius 3 is 2.94 bits per heavy atom. The zero-order valence-electron chi connectivity index (χ0n) is 10.3. The molecule has 0 aromatic carbocycles. The highest BCUT2D eigenvalue weighted by molar-refractivity contribution is 9.10. The summed E-state index contributed by atoms with van der Waals surface area (Å²) in [6.45, 7) is 9.37. The van der Waals surface area contributed by atoms with Crippen LogP contribution >= 0.6 is 15.9 Å². The molecule has 0 spiro atoms. The molecule has 0 radical (unpaired) electrons. The van der Waals surface area contributed by atoms with E-state index in [0.717, 1.165) is 35.3 Å². The molecule has 4 nitrogen and oxygen atoms in total. The fourth-order valence-electron chi connectivity index (χ4n) is 1.14. The topological polar surface area (TPSA) is 47.0 Å². The molecule has 0 saturated heterocycles. The lowest BCUT2D eigenvalue weighted by Crippen LogP contribution is -2.06. The number of halogens is 1. The highest BCUT2D eigenvalue weighted by atomic mass is 79.9. The summed E-state index contributed by atoms with van der Waals surface area (Å²) >= 11 is 3.44. The molecule has 1 aromatic rings. The van der Waals surface area contributed by atoms with Gasteiger partial charge in [0.2, 0.25) is 5.88 Å². The van der Waals surface area contributed by atoms with Crippen LogP contribution in [0.2, 0.25) is 0 Å². The van der Waals surface area contributed by atoms with Crippen molar-refractivity contribution in [2.24, 2.45) is 0 Å². The Labute approximate surface area is 111 Å². The van der Waals surface area contributed by atoms with Crippen LogP contribution in [0.25, 0.3) is 0 Å². The van der Waals surface area contributed by atoms with Crippen LogP contribution in [0.15, 0.2) is 23.0 Å². The van der Waals surface area contributed by atoms with E-state index in [9.17, 15) is 0 Å². The van der Waals surface area contributed by atoms with Crippen molar-refractivity contribution in [3.05, 3.63) is 23.0 Å². The summed E-state index contributed by atoms with van der Waals surface area (Å²) in [7, 11) is 0. The molecule has 1 heterocycles. The second-order valence-electron chi connectivity index (χ2n) is 3.82. The van der Waals surface area contributed by atoms with Crippen LogP contribution in [0.4, 0.5) is 5.82 Å². The summed E-state index contributed by atoms with van der Waals surface area (Å²) in [6.07, 6.45) is 3.37. The van der Waals surface area contributed by atoms with Gasteiger partial charge in [0.15, 0.2) is 0 Å². The van der Waals surface area contributed by atoms with Gasteiger partial charge in [0.25, 0.3) is 0 Å². The standard InChI is InChI=1S/C12H18BrN3O/c1-4-6-14-11-10(13)12(16-8-15-11)17-7-5-9(2)3/h8H,2,4-7H2,1,3H3,(H,14,15,16). The average Bonchev–Trinajstić information content (AvgIpc) is 2.29. The maximum absolute atomic E-state index is 5.57. The first kappa shape index (κ1) is 14.0. The summed E-state index contributed by atoms with van der Waals surface area (Å²) < 4.78 is 6.34. The zero-order chi connectivity index (χ0) is 12.7. The third kappa shape index (κ3) is 4.73. The largest absolute Gasteiger partial charge is 0.476 e. The summed E-state index contributed by atoms with van der Waals surface area (Å²) in [5.41, 5.74) is 1.10. The van der Waals surface area contributed by atoms with E-state index in [1.165, 1.54) is 6.33 Å². The van der Waals surface area contributed by atoms with Gasteiger partial charge in [0.05, 0.1) is 6.61 Å². The molecule has 0 bridgehead atoms. The van der Waals surface area contributed by atoms with Crippen LogP contribution in [0.5, 0.6) is 5.88 Å². The van der Waals surface area contributed by atoms with E-state index in [1.54, 1.807) is 0 Å². The summed E-state index contributed by atoms with van der Waals surface area (Å²) in [5, 5.41) is 3.21. The van der Waals surface area contributed by atoms with Gasteiger partial charge >= 0.3 is 0 Å². The van der Waals surface area contributed by atoms with Crippen molar-refractivity contribution < 1.29 is 4.74 Å². The first-order valence-corrected chi connectivity index (χ1v) is 6.46. The maximum atomic E-state index is 5.57. The molecule has 94 valence electrons. The van der Waals surface area contributed by atoms with E-state index >= 15 is 0 Å². The smallest absolute Gasteiger partial charge is 0.233 e. The molecule has 1 aromatic heterocycles. The minimum Gasteiger partial charge on any atom is -0.476 e. The third-order valence-electron chi connectivity index (χ3n) is 2.07. The number of aromatic nitrogens is 2. The van der Waals surface area contributed by atoms with Crippen molar-refractivity contribution in [2.75, 3.05) is 18.5 Å². The van der Waals surface area contributed by atoms with Crippen LogP contribution in [0, 0.1) is 0 Å². The molecular formula is C12H18BrN3O. The third-order valence-corrected chi connectivity index (χ3v) is 2.78. The number of hydrogen-bond acceptors (Lipinski definition) is 4. The predicted octanol–water partition coefficient (Wildman–Crippen LogP) is 3.41. The Morgan fingerprint density at radius 1 is 1.53 bits per heavy atom. The minimum absolute atomic E-state index is 0.569. The molecule has 0 aliphatic carbocycles. The van der Waals surface area contributed by atoms with Gasteiger partial charge in [-0.05, 0) is 29.3 Å². The molecule has 0 aliphatic rings. The number of nitrogens with one attached hydrogen (secondary N) is 1. The Balaban J connectivity index is 2.62. The Bertz CT molecular complexity index is 382. The van der Waals surface area contributed by atoms with Crippen molar-refractivity contribution in [1.29, 1.82) is 0 Å². The van der Waals surface area contributed by atoms with E-state index in [0.29, 0.717) is 12.5 Å². The van der Waals surface area contributed by atoms with Crippen molar-refractivity contribution >= 4 is 21.7 Å². The number of nitrogens with zero attached hydrogens (tertiary/aromatic N) is 2. The SMILES string of the molecule is C=C(C)CCOc1ncnc(NCCC)c1Br. The quantitative estimate of drug-likeness (QED) is 0.784. The van der Waals surface area contributed by atoms with E-state index in [4.69, 9.17) is 4.74 Å². The van der Waals surface area contributed by atoms with Crippen LogP contribution < -0.4 is 10.1 Å². The normalized spacial score (nSPS) is 10.1. The van der Waals surface area contributed by atoms with Crippen LogP contribution in [-0.2, 0) is 0 Å². The van der Waals surface area contributed by atoms with Gasteiger partial charge in [-0.3, -0.25) is 0 Å². The molecule has 17 heavy (non-hydrogen) atoms. The predicted molar refractivity (Wildman–Crippen MR) is 73.4 cm³/mol. The van der Waals surface area contributed by atoms with Crippen molar-refractivity contribution in [1.82, 2.24) is 9.97 Å². The number of hydrogen-bond donors (Lipinski definition) is 1. The molecule has 0 unspecified atom stereocenters. The lowest BCUT2D eigenvalue weighted by molar-refractivity contribution is 0.307. The average molecular weight is 300 g/mol. The summed E-state index contributed by atoms with van der Waals surface area (Å²) in [4.78, 5) is 8.25. The molecule has 0 atom stereocenters. The second kappa shape index (κ2) is 7.27. The van der Waals surface area contributed by atoms with Gasteiger partial charge in [-0.15, -0.1) is 6.58 Å². The van der Waals surface area contributed by atoms with Gasteiger partial charge in [-0.1, -0.05) is 12.5 Å². The van der Waals surface area contributed by atoms with E-state index < -0.39 is 0 Å². The van der Waals surface area contributed by atoms with Gasteiger partial charge in [-0.25, -0.2) is 9.97 Å². The molecule has 1 N–H and O–H groups in total. The van der Waals surface area contributed by atoms with E-state index in [2.05, 4.69) is 44.7 Å². The van der Waals surface area contributed by atoms with Crippen LogP contribution in [-0.4, -0.2) is 23.1 Å². The van der Waals surface area contributed by atoms with Crippen molar-refractivity contribution in [3.63, 3.8) is 0 Å². The first-order chi connectivity index (χ1) is 8.15. The van der Waals surface area contributed by atoms with E-state index in [-0.39, 0.29) is 0 Å². The molecule has 0 amide bonds. The molecular weight excluding hydrogens is 282 g/mol.